The molecule has 7 heteroatoms. The zero-order valence-corrected chi connectivity index (χ0v) is 11.9. The number of hydrogen-bond acceptors (Lipinski definition) is 5. The number of aliphatic hydroxyl groups excluding tert-OH is 1. The van der Waals surface area contributed by atoms with Crippen LogP contribution in [0.25, 0.3) is 0 Å². The highest BCUT2D eigenvalue weighted by Crippen LogP contribution is 2.37. The van der Waals surface area contributed by atoms with Crippen molar-refractivity contribution >= 4 is 9.84 Å². The van der Waals surface area contributed by atoms with Gasteiger partial charge >= 0.3 is 0 Å². The Morgan fingerprint density at radius 1 is 1.45 bits per heavy atom. The molecule has 0 spiro atoms. The van der Waals surface area contributed by atoms with Crippen molar-refractivity contribution in [1.29, 1.82) is 0 Å². The van der Waals surface area contributed by atoms with Crippen LogP contribution in [-0.2, 0) is 25.1 Å². The van der Waals surface area contributed by atoms with E-state index in [0.717, 1.165) is 0 Å². The number of halogens is 1. The van der Waals surface area contributed by atoms with Crippen LogP contribution in [0.1, 0.15) is 12.5 Å². The smallest absolute Gasteiger partial charge is 0.212 e. The zero-order valence-electron chi connectivity index (χ0n) is 11.1. The summed E-state index contributed by atoms with van der Waals surface area (Å²) >= 11 is 0. The van der Waals surface area contributed by atoms with Gasteiger partial charge < -0.3 is 14.6 Å². The molecule has 1 N–H and O–H groups in total. The molecule has 112 valence electrons. The van der Waals surface area contributed by atoms with Gasteiger partial charge in [-0.05, 0) is 6.07 Å². The van der Waals surface area contributed by atoms with Crippen molar-refractivity contribution in [1.82, 2.24) is 0 Å². The van der Waals surface area contributed by atoms with Crippen molar-refractivity contribution in [3.63, 3.8) is 0 Å². The molecule has 0 amide bonds. The van der Waals surface area contributed by atoms with Gasteiger partial charge in [0.1, 0.15) is 17.7 Å². The molecule has 1 saturated heterocycles. The Morgan fingerprint density at radius 2 is 2.15 bits per heavy atom. The third-order valence-electron chi connectivity index (χ3n) is 3.20. The number of hydrogen-bond donors (Lipinski definition) is 1. The normalized spacial score (nSPS) is 26.9. The average Bonchev–Trinajstić information content (AvgIpc) is 2.83. The van der Waals surface area contributed by atoms with Crippen molar-refractivity contribution in [2.75, 3.05) is 24.7 Å². The van der Waals surface area contributed by atoms with Gasteiger partial charge in [-0.1, -0.05) is 25.1 Å². The molecule has 0 bridgehead atoms. The lowest BCUT2D eigenvalue weighted by molar-refractivity contribution is -0.164. The molecule has 0 aliphatic carbocycles. The van der Waals surface area contributed by atoms with Crippen LogP contribution in [0.2, 0.25) is 0 Å². The molecular weight excluding hydrogens is 287 g/mol. The molecule has 0 radical (unpaired) electrons. The molecule has 20 heavy (non-hydrogen) atoms. The first-order valence-corrected chi connectivity index (χ1v) is 8.12. The van der Waals surface area contributed by atoms with E-state index >= 15 is 0 Å². The number of rotatable bonds is 5. The topological polar surface area (TPSA) is 72.8 Å². The van der Waals surface area contributed by atoms with E-state index in [1.165, 1.54) is 25.1 Å². The molecule has 1 heterocycles. The predicted molar refractivity (Wildman–Crippen MR) is 70.3 cm³/mol. The maximum Gasteiger partial charge on any atom is 0.212 e. The fourth-order valence-corrected chi connectivity index (χ4v) is 3.20. The van der Waals surface area contributed by atoms with Gasteiger partial charge in [-0.25, -0.2) is 12.8 Å². The summed E-state index contributed by atoms with van der Waals surface area (Å²) in [6.45, 7) is 1.20. The molecular formula is C13H17FO5S. The molecule has 1 aromatic carbocycles. The Bertz CT molecular complexity index is 574. The number of ether oxygens (including phenoxy) is 2. The summed E-state index contributed by atoms with van der Waals surface area (Å²) < 4.78 is 48.7. The van der Waals surface area contributed by atoms with Crippen molar-refractivity contribution in [3.8, 4) is 0 Å². The van der Waals surface area contributed by atoms with E-state index < -0.39 is 33.3 Å². The highest BCUT2D eigenvalue weighted by Gasteiger charge is 2.47. The van der Waals surface area contributed by atoms with Crippen LogP contribution in [0.3, 0.4) is 0 Å². The Kier molecular flexibility index (Phi) is 4.43. The summed E-state index contributed by atoms with van der Waals surface area (Å²) in [5.41, 5.74) is 0.0352. The van der Waals surface area contributed by atoms with Crippen LogP contribution >= 0.6 is 0 Å². The predicted octanol–water partition coefficient (Wildman–Crippen LogP) is 0.821. The lowest BCUT2D eigenvalue weighted by Crippen LogP contribution is -2.38. The molecule has 0 aromatic heterocycles. The minimum absolute atomic E-state index is 0.0179. The third-order valence-corrected chi connectivity index (χ3v) is 4.90. The van der Waals surface area contributed by atoms with E-state index in [2.05, 4.69) is 0 Å². The Hall–Kier alpha value is -1.02. The summed E-state index contributed by atoms with van der Waals surface area (Å²) in [6, 6.07) is 5.73. The van der Waals surface area contributed by atoms with Crippen LogP contribution in [0.15, 0.2) is 24.3 Å². The van der Waals surface area contributed by atoms with E-state index in [0.29, 0.717) is 0 Å². The van der Waals surface area contributed by atoms with E-state index in [-0.39, 0.29) is 24.5 Å². The highest BCUT2D eigenvalue weighted by atomic mass is 32.2. The maximum absolute atomic E-state index is 14.0. The van der Waals surface area contributed by atoms with Crippen LogP contribution in [-0.4, -0.2) is 44.3 Å². The second-order valence-corrected chi connectivity index (χ2v) is 7.00. The van der Waals surface area contributed by atoms with Crippen LogP contribution in [0.5, 0.6) is 0 Å². The number of sulfone groups is 1. The first-order chi connectivity index (χ1) is 9.42. The van der Waals surface area contributed by atoms with E-state index in [9.17, 15) is 12.8 Å². The number of benzene rings is 1. The molecule has 1 aliphatic heterocycles. The Morgan fingerprint density at radius 3 is 2.70 bits per heavy atom. The van der Waals surface area contributed by atoms with Gasteiger partial charge in [-0.3, -0.25) is 0 Å². The van der Waals surface area contributed by atoms with Gasteiger partial charge in [-0.2, -0.15) is 0 Å². The summed E-state index contributed by atoms with van der Waals surface area (Å²) in [5.74, 6) is -2.86. The summed E-state index contributed by atoms with van der Waals surface area (Å²) in [6.07, 6.45) is -0.665. The first kappa shape index (κ1) is 15.4. The van der Waals surface area contributed by atoms with Crippen molar-refractivity contribution in [2.45, 2.75) is 18.8 Å². The monoisotopic (exact) mass is 304 g/mol. The van der Waals surface area contributed by atoms with Crippen LogP contribution in [0, 0.1) is 5.82 Å². The fourth-order valence-electron chi connectivity index (χ4n) is 2.11. The van der Waals surface area contributed by atoms with Crippen LogP contribution < -0.4 is 0 Å². The summed E-state index contributed by atoms with van der Waals surface area (Å²) in [4.78, 5) is 0. The molecule has 2 unspecified atom stereocenters. The van der Waals surface area contributed by atoms with Gasteiger partial charge in [0.15, 0.2) is 9.84 Å². The second kappa shape index (κ2) is 5.77. The molecule has 5 nitrogen and oxygen atoms in total. The van der Waals surface area contributed by atoms with Gasteiger partial charge in [0.2, 0.25) is 5.79 Å². The van der Waals surface area contributed by atoms with E-state index in [1.54, 1.807) is 6.07 Å². The first-order valence-electron chi connectivity index (χ1n) is 6.30. The lowest BCUT2D eigenvalue weighted by Gasteiger charge is -2.28. The van der Waals surface area contributed by atoms with Gasteiger partial charge in [0.05, 0.1) is 13.2 Å². The molecule has 2 rings (SSSR count). The molecule has 2 atom stereocenters. The maximum atomic E-state index is 14.0. The van der Waals surface area contributed by atoms with Crippen molar-refractivity contribution < 1.29 is 27.4 Å². The van der Waals surface area contributed by atoms with Crippen LogP contribution in [0.4, 0.5) is 4.39 Å². The molecule has 1 fully saturated rings. The molecule has 1 aromatic rings. The number of aliphatic hydroxyl groups is 1. The third kappa shape index (κ3) is 3.01. The lowest BCUT2D eigenvalue weighted by atomic mass is 10.1. The quantitative estimate of drug-likeness (QED) is 0.872. The zero-order chi connectivity index (χ0) is 14.8. The molecule has 0 saturated carbocycles. The highest BCUT2D eigenvalue weighted by molar-refractivity contribution is 7.91. The van der Waals surface area contributed by atoms with Gasteiger partial charge in [-0.15, -0.1) is 0 Å². The largest absolute Gasteiger partial charge is 0.394 e. The SMILES string of the molecule is CCS(=O)(=O)CC1(c2ccccc2F)OCC(CO)O1. The standard InChI is InChI=1S/C13H17FO5S/c1-2-20(16,17)9-13(18-8-10(7-15)19-13)11-5-3-4-6-12(11)14/h3-6,10,15H,2,7-9H2,1H3. The van der Waals surface area contributed by atoms with Gasteiger partial charge in [0.25, 0.3) is 0 Å². The Labute approximate surface area is 117 Å². The van der Waals surface area contributed by atoms with E-state index in [4.69, 9.17) is 14.6 Å². The fraction of sp³-hybridized carbons (Fsp3) is 0.538. The minimum atomic E-state index is -3.46. The average molecular weight is 304 g/mol. The molecule has 1 aliphatic rings. The van der Waals surface area contributed by atoms with E-state index in [1.807, 2.05) is 0 Å². The van der Waals surface area contributed by atoms with Crippen molar-refractivity contribution in [2.24, 2.45) is 0 Å². The van der Waals surface area contributed by atoms with Crippen molar-refractivity contribution in [3.05, 3.63) is 35.6 Å². The second-order valence-electron chi connectivity index (χ2n) is 4.64. The Balaban J connectivity index is 2.43. The summed E-state index contributed by atoms with van der Waals surface area (Å²) in [7, 11) is -3.46. The minimum Gasteiger partial charge on any atom is -0.394 e. The van der Waals surface area contributed by atoms with Gasteiger partial charge in [0, 0.05) is 11.3 Å². The summed E-state index contributed by atoms with van der Waals surface area (Å²) in [5, 5.41) is 9.12.